The molecule has 0 unspecified atom stereocenters. The number of thiocarbonyl (C=S) groups is 1. The first kappa shape index (κ1) is 13.1. The molecule has 0 aliphatic heterocycles. The third-order valence-electron chi connectivity index (χ3n) is 1.51. The summed E-state index contributed by atoms with van der Waals surface area (Å²) in [5.41, 5.74) is 0.990. The van der Waals surface area contributed by atoms with Gasteiger partial charge < -0.3 is 5.32 Å². The number of halogens is 1. The molecule has 0 bridgehead atoms. The fourth-order valence-electron chi connectivity index (χ4n) is 0.916. The van der Waals surface area contributed by atoms with Crippen molar-refractivity contribution in [1.82, 2.24) is 10.3 Å². The molecule has 1 N–H and O–H groups in total. The molecule has 1 aromatic heterocycles. The van der Waals surface area contributed by atoms with Crippen LogP contribution in [0.1, 0.15) is 5.69 Å². The molecule has 0 saturated heterocycles. The fraction of sp³-hybridized carbons (Fsp3) is 0.200. The van der Waals surface area contributed by atoms with Crippen LogP contribution in [0.15, 0.2) is 37.1 Å². The van der Waals surface area contributed by atoms with Gasteiger partial charge in [-0.1, -0.05) is 24.4 Å². The van der Waals surface area contributed by atoms with E-state index in [1.807, 2.05) is 18.2 Å². The van der Waals surface area contributed by atoms with E-state index < -0.39 is 0 Å². The first-order valence-corrected chi connectivity index (χ1v) is 4.51. The zero-order valence-corrected chi connectivity index (χ0v) is 9.40. The molecule has 1 rings (SSSR count). The molecule has 0 aliphatic rings. The van der Waals surface area contributed by atoms with Gasteiger partial charge in [0.2, 0.25) is 0 Å². The molecule has 0 fully saturated rings. The Bertz CT molecular complexity index is 287. The van der Waals surface area contributed by atoms with Gasteiger partial charge in [-0.05, 0) is 12.1 Å². The lowest BCUT2D eigenvalue weighted by Crippen LogP contribution is -2.23. The summed E-state index contributed by atoms with van der Waals surface area (Å²) in [6.07, 6.45) is 4.25. The second-order valence-corrected chi connectivity index (χ2v) is 3.08. The molecule has 0 atom stereocenters. The van der Waals surface area contributed by atoms with Crippen LogP contribution in [0, 0.1) is 0 Å². The molecule has 1 aromatic rings. The van der Waals surface area contributed by atoms with E-state index in [-0.39, 0.29) is 12.4 Å². The number of rotatable bonds is 4. The standard InChI is InChI=1S/C10H12N2S.ClH/c1-2-6-12-10(13)8-9-5-3-4-7-11-9;/h2-5,7H,1,6,8H2,(H,12,13);1H. The highest BCUT2D eigenvalue weighted by Gasteiger charge is 1.97. The van der Waals surface area contributed by atoms with Gasteiger partial charge in [0.25, 0.3) is 0 Å². The maximum Gasteiger partial charge on any atom is 0.0816 e. The smallest absolute Gasteiger partial charge is 0.0816 e. The largest absolute Gasteiger partial charge is 0.376 e. The van der Waals surface area contributed by atoms with Crippen molar-refractivity contribution in [2.75, 3.05) is 6.54 Å². The van der Waals surface area contributed by atoms with Gasteiger partial charge in [0, 0.05) is 24.9 Å². The van der Waals surface area contributed by atoms with Crippen LogP contribution in [-0.4, -0.2) is 16.5 Å². The van der Waals surface area contributed by atoms with E-state index in [9.17, 15) is 0 Å². The predicted octanol–water partition coefficient (Wildman–Crippen LogP) is 2.15. The minimum Gasteiger partial charge on any atom is -0.376 e. The van der Waals surface area contributed by atoms with Crippen molar-refractivity contribution < 1.29 is 0 Å². The summed E-state index contributed by atoms with van der Waals surface area (Å²) >= 11 is 5.10. The summed E-state index contributed by atoms with van der Waals surface area (Å²) in [6.45, 7) is 4.32. The highest BCUT2D eigenvalue weighted by atomic mass is 35.5. The number of hydrogen-bond acceptors (Lipinski definition) is 2. The van der Waals surface area contributed by atoms with Gasteiger partial charge in [-0.25, -0.2) is 0 Å². The number of nitrogens with zero attached hydrogens (tertiary/aromatic N) is 1. The summed E-state index contributed by atoms with van der Waals surface area (Å²) in [5.74, 6) is 0. The molecule has 0 aliphatic carbocycles. The summed E-state index contributed by atoms with van der Waals surface area (Å²) in [5, 5.41) is 3.05. The summed E-state index contributed by atoms with van der Waals surface area (Å²) < 4.78 is 0. The predicted molar refractivity (Wildman–Crippen MR) is 66.0 cm³/mol. The first-order chi connectivity index (χ1) is 6.33. The van der Waals surface area contributed by atoms with Gasteiger partial charge in [0.15, 0.2) is 0 Å². The first-order valence-electron chi connectivity index (χ1n) is 4.10. The molecule has 0 amide bonds. The molecule has 0 aromatic carbocycles. The van der Waals surface area contributed by atoms with E-state index in [0.717, 1.165) is 10.7 Å². The minimum atomic E-state index is 0. The lowest BCUT2D eigenvalue weighted by Gasteiger charge is -2.03. The quantitative estimate of drug-likeness (QED) is 0.632. The average Bonchev–Trinajstić information content (AvgIpc) is 2.16. The van der Waals surface area contributed by atoms with E-state index in [1.165, 1.54) is 0 Å². The summed E-state index contributed by atoms with van der Waals surface area (Å²) in [7, 11) is 0. The molecule has 0 spiro atoms. The Balaban J connectivity index is 0.00000169. The second-order valence-electron chi connectivity index (χ2n) is 2.59. The zero-order valence-electron chi connectivity index (χ0n) is 7.77. The van der Waals surface area contributed by atoms with E-state index in [1.54, 1.807) is 12.3 Å². The molecular formula is C10H13ClN2S. The molecule has 2 nitrogen and oxygen atoms in total. The fourth-order valence-corrected chi connectivity index (χ4v) is 1.15. The highest BCUT2D eigenvalue weighted by molar-refractivity contribution is 7.80. The lowest BCUT2D eigenvalue weighted by molar-refractivity contribution is 1.01. The van der Waals surface area contributed by atoms with Gasteiger partial charge in [-0.15, -0.1) is 19.0 Å². The van der Waals surface area contributed by atoms with Crippen molar-refractivity contribution in [3.05, 3.63) is 42.7 Å². The van der Waals surface area contributed by atoms with Crippen LogP contribution in [-0.2, 0) is 6.42 Å². The molecule has 4 heteroatoms. The zero-order chi connectivity index (χ0) is 9.52. The molecule has 1 heterocycles. The van der Waals surface area contributed by atoms with Gasteiger partial charge in [-0.3, -0.25) is 4.98 Å². The van der Waals surface area contributed by atoms with Crippen LogP contribution in [0.25, 0.3) is 0 Å². The van der Waals surface area contributed by atoms with Crippen molar-refractivity contribution in [2.24, 2.45) is 0 Å². The molecule has 0 saturated carbocycles. The van der Waals surface area contributed by atoms with E-state index in [2.05, 4.69) is 16.9 Å². The topological polar surface area (TPSA) is 24.9 Å². The van der Waals surface area contributed by atoms with Crippen LogP contribution in [0.5, 0.6) is 0 Å². The van der Waals surface area contributed by atoms with Crippen LogP contribution in [0.4, 0.5) is 0 Å². The molecule has 0 radical (unpaired) electrons. The van der Waals surface area contributed by atoms with Crippen molar-refractivity contribution in [1.29, 1.82) is 0 Å². The lowest BCUT2D eigenvalue weighted by atomic mass is 10.3. The van der Waals surface area contributed by atoms with Crippen LogP contribution < -0.4 is 5.32 Å². The SMILES string of the molecule is C=CCNC(=S)Cc1ccccn1.Cl. The van der Waals surface area contributed by atoms with Crippen molar-refractivity contribution in [2.45, 2.75) is 6.42 Å². The van der Waals surface area contributed by atoms with Gasteiger partial charge >= 0.3 is 0 Å². The summed E-state index contributed by atoms with van der Waals surface area (Å²) in [4.78, 5) is 4.98. The number of hydrogen-bond donors (Lipinski definition) is 1. The van der Waals surface area contributed by atoms with E-state index in [4.69, 9.17) is 12.2 Å². The monoisotopic (exact) mass is 228 g/mol. The van der Waals surface area contributed by atoms with E-state index >= 15 is 0 Å². The van der Waals surface area contributed by atoms with Crippen LogP contribution >= 0.6 is 24.6 Å². The Morgan fingerprint density at radius 1 is 1.57 bits per heavy atom. The Morgan fingerprint density at radius 2 is 2.36 bits per heavy atom. The minimum absolute atomic E-state index is 0. The normalized spacial score (nSPS) is 8.57. The number of aromatic nitrogens is 1. The Morgan fingerprint density at radius 3 is 2.93 bits per heavy atom. The molecular weight excluding hydrogens is 216 g/mol. The Kier molecular flexibility index (Phi) is 6.98. The Labute approximate surface area is 95.8 Å². The van der Waals surface area contributed by atoms with Crippen LogP contribution in [0.2, 0.25) is 0 Å². The van der Waals surface area contributed by atoms with Crippen molar-refractivity contribution in [3.8, 4) is 0 Å². The van der Waals surface area contributed by atoms with Crippen molar-refractivity contribution in [3.63, 3.8) is 0 Å². The molecule has 14 heavy (non-hydrogen) atoms. The Hall–Kier alpha value is -0.930. The van der Waals surface area contributed by atoms with Crippen LogP contribution in [0.3, 0.4) is 0 Å². The molecule has 76 valence electrons. The maximum absolute atomic E-state index is 5.10. The van der Waals surface area contributed by atoms with Gasteiger partial charge in [0.05, 0.1) is 4.99 Å². The maximum atomic E-state index is 5.10. The summed E-state index contributed by atoms with van der Waals surface area (Å²) in [6, 6.07) is 5.81. The van der Waals surface area contributed by atoms with Crippen molar-refractivity contribution >= 4 is 29.6 Å². The average molecular weight is 229 g/mol. The third-order valence-corrected chi connectivity index (χ3v) is 1.80. The number of pyridine rings is 1. The second kappa shape index (κ2) is 7.47. The van der Waals surface area contributed by atoms with Gasteiger partial charge in [-0.2, -0.15) is 0 Å². The third kappa shape index (κ3) is 4.94. The number of nitrogens with one attached hydrogen (secondary N) is 1. The highest BCUT2D eigenvalue weighted by Crippen LogP contribution is 1.95. The van der Waals surface area contributed by atoms with E-state index in [0.29, 0.717) is 13.0 Å². The van der Waals surface area contributed by atoms with Gasteiger partial charge in [0.1, 0.15) is 0 Å².